The number of thiocarbonyl (C=S) groups is 1. The van der Waals surface area contributed by atoms with E-state index in [9.17, 15) is 4.79 Å². The van der Waals surface area contributed by atoms with Crippen LogP contribution in [0.15, 0.2) is 85.2 Å². The second kappa shape index (κ2) is 9.03. The van der Waals surface area contributed by atoms with E-state index in [2.05, 4.69) is 51.3 Å². The number of benzene rings is 2. The largest absolute Gasteiger partial charge is 0.465 e. The van der Waals surface area contributed by atoms with Crippen molar-refractivity contribution < 1.29 is 9.53 Å². The van der Waals surface area contributed by atoms with Crippen LogP contribution in [0.3, 0.4) is 0 Å². The van der Waals surface area contributed by atoms with Gasteiger partial charge >= 0.3 is 5.97 Å². The molecule has 0 saturated carbocycles. The second-order valence-corrected chi connectivity index (χ2v) is 8.28. The van der Waals surface area contributed by atoms with E-state index in [-0.39, 0.29) is 24.6 Å². The van der Waals surface area contributed by atoms with Gasteiger partial charge in [0.05, 0.1) is 24.4 Å². The van der Waals surface area contributed by atoms with Gasteiger partial charge < -0.3 is 19.5 Å². The third kappa shape index (κ3) is 4.07. The molecule has 0 amide bonds. The Morgan fingerprint density at radius 2 is 1.88 bits per heavy atom. The average Bonchev–Trinajstić information content (AvgIpc) is 3.44. The highest BCUT2D eigenvalue weighted by Gasteiger charge is 2.42. The summed E-state index contributed by atoms with van der Waals surface area (Å²) >= 11 is 5.66. The summed E-state index contributed by atoms with van der Waals surface area (Å²) in [4.78, 5) is 18.9. The number of pyridine rings is 1. The summed E-state index contributed by atoms with van der Waals surface area (Å²) < 4.78 is 7.39. The van der Waals surface area contributed by atoms with Crippen LogP contribution in [0.2, 0.25) is 0 Å². The molecule has 33 heavy (non-hydrogen) atoms. The highest BCUT2D eigenvalue weighted by molar-refractivity contribution is 7.80. The first kappa shape index (κ1) is 21.2. The van der Waals surface area contributed by atoms with Crippen molar-refractivity contribution in [3.8, 4) is 5.69 Å². The maximum Gasteiger partial charge on any atom is 0.325 e. The van der Waals surface area contributed by atoms with Crippen molar-refractivity contribution in [1.82, 2.24) is 19.8 Å². The van der Waals surface area contributed by atoms with Crippen molar-refractivity contribution in [3.63, 3.8) is 0 Å². The number of nitrogens with zero attached hydrogens (tertiary/aromatic N) is 3. The van der Waals surface area contributed by atoms with Gasteiger partial charge in [-0.1, -0.05) is 36.4 Å². The molecule has 0 radical (unpaired) electrons. The molecule has 1 saturated heterocycles. The van der Waals surface area contributed by atoms with Crippen molar-refractivity contribution in [2.45, 2.75) is 19.0 Å². The van der Waals surface area contributed by atoms with Gasteiger partial charge in [-0.2, -0.15) is 0 Å². The van der Waals surface area contributed by atoms with Crippen molar-refractivity contribution in [2.24, 2.45) is 0 Å². The van der Waals surface area contributed by atoms with Crippen LogP contribution in [-0.2, 0) is 9.53 Å². The van der Waals surface area contributed by atoms with Crippen LogP contribution in [0.5, 0.6) is 0 Å². The summed E-state index contributed by atoms with van der Waals surface area (Å²) in [5.74, 6) is -0.308. The van der Waals surface area contributed by atoms with E-state index in [1.165, 1.54) is 10.8 Å². The van der Waals surface area contributed by atoms with Gasteiger partial charge in [0.15, 0.2) is 5.11 Å². The van der Waals surface area contributed by atoms with Crippen LogP contribution in [0.4, 0.5) is 0 Å². The molecule has 2 atom stereocenters. The number of rotatable bonds is 6. The van der Waals surface area contributed by atoms with Gasteiger partial charge in [-0.3, -0.25) is 9.78 Å². The Morgan fingerprint density at radius 3 is 2.67 bits per heavy atom. The topological polar surface area (TPSA) is 59.4 Å². The smallest absolute Gasteiger partial charge is 0.325 e. The summed E-state index contributed by atoms with van der Waals surface area (Å²) in [6, 6.07) is 24.2. The molecule has 1 aliphatic rings. The summed E-state index contributed by atoms with van der Waals surface area (Å²) in [7, 11) is 0. The standard InChI is InChI=1S/C26H24N4O2S/c1-2-32-23(31)17-30-25(24(28-26(30)33)21-10-5-6-14-27-21)22-11-7-15-29(22)20-13-12-18-8-3-4-9-19(18)16-20/h3-16,24-25H,2,17H2,1H3,(H,28,33)/t24-,25+/m1/s1. The highest BCUT2D eigenvalue weighted by atomic mass is 32.1. The lowest BCUT2D eigenvalue weighted by Gasteiger charge is -2.28. The lowest BCUT2D eigenvalue weighted by Crippen LogP contribution is -2.36. The molecular weight excluding hydrogens is 432 g/mol. The number of carbonyl (C=O) groups is 1. The van der Waals surface area contributed by atoms with Crippen LogP contribution in [0, 0.1) is 0 Å². The molecule has 166 valence electrons. The summed E-state index contributed by atoms with van der Waals surface area (Å²) in [5.41, 5.74) is 2.92. The Balaban J connectivity index is 1.59. The SMILES string of the molecule is CCOC(=O)CN1C(=S)N[C@H](c2ccccn2)[C@@H]1c1cccn1-c1ccc2ccccc2c1. The predicted molar refractivity (Wildman–Crippen MR) is 132 cm³/mol. The van der Waals surface area contributed by atoms with Gasteiger partial charge in [-0.15, -0.1) is 0 Å². The third-order valence-electron chi connectivity index (χ3n) is 5.90. The second-order valence-electron chi connectivity index (χ2n) is 7.89. The predicted octanol–water partition coefficient (Wildman–Crippen LogP) is 4.56. The number of ether oxygens (including phenoxy) is 1. The molecule has 0 unspecified atom stereocenters. The van der Waals surface area contributed by atoms with Crippen LogP contribution in [0.1, 0.15) is 30.4 Å². The van der Waals surface area contributed by atoms with Gasteiger partial charge in [0.2, 0.25) is 0 Å². The number of esters is 1. The molecule has 0 aliphatic carbocycles. The fourth-order valence-corrected chi connectivity index (χ4v) is 4.74. The Hall–Kier alpha value is -3.71. The molecule has 6 nitrogen and oxygen atoms in total. The first-order chi connectivity index (χ1) is 16.2. The minimum absolute atomic E-state index is 0.0660. The van der Waals surface area contributed by atoms with Crippen molar-refractivity contribution in [2.75, 3.05) is 13.2 Å². The number of fused-ring (bicyclic) bond motifs is 1. The maximum absolute atomic E-state index is 12.4. The molecule has 1 N–H and O–H groups in total. The number of hydrogen-bond acceptors (Lipinski definition) is 4. The molecule has 7 heteroatoms. The minimum atomic E-state index is -0.308. The Labute approximate surface area is 197 Å². The number of nitrogens with one attached hydrogen (secondary N) is 1. The zero-order valence-corrected chi connectivity index (χ0v) is 19.0. The Morgan fingerprint density at radius 1 is 1.06 bits per heavy atom. The normalized spacial score (nSPS) is 17.8. The molecule has 2 aromatic heterocycles. The number of carbonyl (C=O) groups excluding carboxylic acids is 1. The first-order valence-corrected chi connectivity index (χ1v) is 11.4. The fourth-order valence-electron chi connectivity index (χ4n) is 4.44. The summed E-state index contributed by atoms with van der Waals surface area (Å²) in [6.45, 7) is 2.20. The van der Waals surface area contributed by atoms with Gasteiger partial charge in [0, 0.05) is 23.8 Å². The molecule has 5 rings (SSSR count). The van der Waals surface area contributed by atoms with Gasteiger partial charge in [-0.05, 0) is 66.3 Å². The lowest BCUT2D eigenvalue weighted by molar-refractivity contribution is -0.143. The van der Waals surface area contributed by atoms with E-state index in [4.69, 9.17) is 17.0 Å². The first-order valence-electron chi connectivity index (χ1n) is 11.0. The molecule has 2 aromatic carbocycles. The van der Waals surface area contributed by atoms with E-state index in [1.807, 2.05) is 47.5 Å². The van der Waals surface area contributed by atoms with E-state index >= 15 is 0 Å². The Kier molecular flexibility index (Phi) is 5.79. The summed E-state index contributed by atoms with van der Waals surface area (Å²) in [6.07, 6.45) is 3.81. The van der Waals surface area contributed by atoms with Crippen LogP contribution in [0.25, 0.3) is 16.5 Å². The third-order valence-corrected chi connectivity index (χ3v) is 6.25. The monoisotopic (exact) mass is 456 g/mol. The van der Waals surface area contributed by atoms with Crippen LogP contribution in [-0.4, -0.2) is 38.7 Å². The minimum Gasteiger partial charge on any atom is -0.465 e. The molecular formula is C26H24N4O2S. The Bertz CT molecular complexity index is 1300. The zero-order chi connectivity index (χ0) is 22.8. The van der Waals surface area contributed by atoms with Crippen LogP contribution < -0.4 is 5.32 Å². The molecule has 1 fully saturated rings. The van der Waals surface area contributed by atoms with Gasteiger partial charge in [0.1, 0.15) is 6.54 Å². The van der Waals surface area contributed by atoms with Crippen molar-refractivity contribution in [1.29, 1.82) is 0 Å². The molecule has 0 bridgehead atoms. The van der Waals surface area contributed by atoms with E-state index in [0.717, 1.165) is 17.1 Å². The van der Waals surface area contributed by atoms with Crippen molar-refractivity contribution >= 4 is 34.1 Å². The lowest BCUT2D eigenvalue weighted by atomic mass is 10.0. The molecule has 0 spiro atoms. The molecule has 3 heterocycles. The quantitative estimate of drug-likeness (QED) is 0.339. The average molecular weight is 457 g/mol. The molecule has 4 aromatic rings. The number of aromatic nitrogens is 2. The summed E-state index contributed by atoms with van der Waals surface area (Å²) in [5, 5.41) is 6.25. The zero-order valence-electron chi connectivity index (χ0n) is 18.2. The van der Waals surface area contributed by atoms with Crippen molar-refractivity contribution in [3.05, 3.63) is 96.6 Å². The fraction of sp³-hybridized carbons (Fsp3) is 0.192. The van der Waals surface area contributed by atoms with E-state index in [0.29, 0.717) is 11.7 Å². The number of hydrogen-bond donors (Lipinski definition) is 1. The van der Waals surface area contributed by atoms with Gasteiger partial charge in [-0.25, -0.2) is 0 Å². The van der Waals surface area contributed by atoms with Gasteiger partial charge in [0.25, 0.3) is 0 Å². The maximum atomic E-state index is 12.4. The highest BCUT2D eigenvalue weighted by Crippen LogP contribution is 2.39. The van der Waals surface area contributed by atoms with E-state index in [1.54, 1.807) is 13.1 Å². The molecule has 1 aliphatic heterocycles. The van der Waals surface area contributed by atoms with E-state index < -0.39 is 0 Å². The van der Waals surface area contributed by atoms with Crippen LogP contribution >= 0.6 is 12.2 Å².